The van der Waals surface area contributed by atoms with Crippen molar-refractivity contribution in [2.75, 3.05) is 24.6 Å². The fraction of sp³-hybridized carbons (Fsp3) is 0.391. The molecule has 0 N–H and O–H groups in total. The molecule has 1 unspecified atom stereocenters. The van der Waals surface area contributed by atoms with Crippen LogP contribution in [0.4, 0.5) is 24.5 Å². The number of esters is 1. The second-order valence-electron chi connectivity index (χ2n) is 7.84. The highest BCUT2D eigenvalue weighted by Gasteiger charge is 2.40. The molecule has 2 aromatic carbocycles. The number of hydrogen-bond donors (Lipinski definition) is 0. The van der Waals surface area contributed by atoms with Crippen molar-refractivity contribution in [2.45, 2.75) is 37.9 Å². The number of carbonyl (C=O) groups excluding carboxylic acids is 2. The second kappa shape index (κ2) is 8.70. The molecule has 2 aliphatic heterocycles. The minimum Gasteiger partial charge on any atom is -0.454 e. The van der Waals surface area contributed by atoms with Crippen LogP contribution < -0.4 is 4.90 Å². The number of anilines is 2. The van der Waals surface area contributed by atoms with Crippen LogP contribution in [0, 0.1) is 0 Å². The summed E-state index contributed by atoms with van der Waals surface area (Å²) < 4.78 is 43.5. The van der Waals surface area contributed by atoms with Crippen LogP contribution in [-0.4, -0.2) is 48.7 Å². The number of amides is 1. The van der Waals surface area contributed by atoms with E-state index in [1.54, 1.807) is 4.90 Å². The molecule has 1 saturated heterocycles. The molecule has 0 spiro atoms. The van der Waals surface area contributed by atoms with E-state index >= 15 is 0 Å². The molecule has 2 heterocycles. The monoisotopic (exact) mass is 432 g/mol. The van der Waals surface area contributed by atoms with Crippen LogP contribution >= 0.6 is 0 Å². The van der Waals surface area contributed by atoms with Crippen LogP contribution in [0.15, 0.2) is 48.5 Å². The highest BCUT2D eigenvalue weighted by atomic mass is 19.4. The van der Waals surface area contributed by atoms with Crippen LogP contribution in [0.2, 0.25) is 0 Å². The summed E-state index contributed by atoms with van der Waals surface area (Å²) in [5, 5.41) is 0. The number of aryl methyl sites for hydroxylation is 2. The molecule has 0 aromatic heterocycles. The molecule has 8 heteroatoms. The molecule has 0 bridgehead atoms. The number of benzene rings is 2. The standard InChI is InChI=1S/C23H23F3N2O3/c24-23(25,26)15-27-13-5-10-20(27)22(30)31-14-21(29)28-18-8-3-1-6-16(18)11-12-17-7-2-4-9-19(17)28/h1-4,6-9,20H,5,10-15H2. The van der Waals surface area contributed by atoms with Gasteiger partial charge in [-0.3, -0.25) is 19.4 Å². The number of nitrogens with zero attached hydrogens (tertiary/aromatic N) is 2. The van der Waals surface area contributed by atoms with E-state index in [1.807, 2.05) is 48.5 Å². The van der Waals surface area contributed by atoms with Crippen molar-refractivity contribution in [3.8, 4) is 0 Å². The van der Waals surface area contributed by atoms with Gasteiger partial charge >= 0.3 is 12.1 Å². The van der Waals surface area contributed by atoms with Gasteiger partial charge in [-0.2, -0.15) is 13.2 Å². The van der Waals surface area contributed by atoms with Gasteiger partial charge in [0.1, 0.15) is 6.04 Å². The molecule has 2 aliphatic rings. The van der Waals surface area contributed by atoms with Gasteiger partial charge in [-0.1, -0.05) is 36.4 Å². The van der Waals surface area contributed by atoms with E-state index in [1.165, 1.54) is 0 Å². The number of halogens is 3. The Labute approximate surface area is 178 Å². The number of fused-ring (bicyclic) bond motifs is 2. The predicted molar refractivity (Wildman–Crippen MR) is 109 cm³/mol. The third-order valence-electron chi connectivity index (χ3n) is 5.73. The Morgan fingerprint density at radius 3 is 2.13 bits per heavy atom. The van der Waals surface area contributed by atoms with Gasteiger partial charge in [-0.15, -0.1) is 0 Å². The summed E-state index contributed by atoms with van der Waals surface area (Å²) in [6.07, 6.45) is -2.08. The van der Waals surface area contributed by atoms with Crippen molar-refractivity contribution >= 4 is 23.3 Å². The Hall–Kier alpha value is -2.87. The first kappa shape index (κ1) is 21.4. The van der Waals surface area contributed by atoms with Gasteiger partial charge in [0.05, 0.1) is 17.9 Å². The van der Waals surface area contributed by atoms with Gasteiger partial charge < -0.3 is 4.74 Å². The first-order chi connectivity index (χ1) is 14.8. The molecule has 0 saturated carbocycles. The summed E-state index contributed by atoms with van der Waals surface area (Å²) in [7, 11) is 0. The average molecular weight is 432 g/mol. The van der Waals surface area contributed by atoms with E-state index in [0.717, 1.165) is 40.2 Å². The fourth-order valence-electron chi connectivity index (χ4n) is 4.35. The average Bonchev–Trinajstić information content (AvgIpc) is 3.11. The topological polar surface area (TPSA) is 49.9 Å². The van der Waals surface area contributed by atoms with Crippen LogP contribution in [0.1, 0.15) is 24.0 Å². The quantitative estimate of drug-likeness (QED) is 0.685. The maximum atomic E-state index is 13.2. The van der Waals surface area contributed by atoms with E-state index in [0.29, 0.717) is 12.8 Å². The van der Waals surface area contributed by atoms with Gasteiger partial charge in [-0.25, -0.2) is 0 Å². The Kier molecular flexibility index (Phi) is 6.00. The minimum absolute atomic E-state index is 0.181. The lowest BCUT2D eigenvalue weighted by Crippen LogP contribution is -2.43. The van der Waals surface area contributed by atoms with E-state index in [-0.39, 0.29) is 6.54 Å². The Balaban J connectivity index is 1.51. The molecule has 1 fully saturated rings. The van der Waals surface area contributed by atoms with Gasteiger partial charge in [0.25, 0.3) is 5.91 Å². The molecular weight excluding hydrogens is 409 g/mol. The number of rotatable bonds is 4. The van der Waals surface area contributed by atoms with Crippen molar-refractivity contribution in [3.63, 3.8) is 0 Å². The molecule has 31 heavy (non-hydrogen) atoms. The second-order valence-corrected chi connectivity index (χ2v) is 7.84. The maximum absolute atomic E-state index is 13.2. The zero-order valence-corrected chi connectivity index (χ0v) is 16.9. The molecular formula is C23H23F3N2O3. The normalized spacial score (nSPS) is 18.8. The molecule has 4 rings (SSSR count). The smallest absolute Gasteiger partial charge is 0.401 e. The molecule has 1 amide bonds. The summed E-state index contributed by atoms with van der Waals surface area (Å²) in [4.78, 5) is 28.3. The highest BCUT2D eigenvalue weighted by Crippen LogP contribution is 2.36. The van der Waals surface area contributed by atoms with E-state index in [4.69, 9.17) is 4.74 Å². The van der Waals surface area contributed by atoms with Gasteiger partial charge in [-0.05, 0) is 55.5 Å². The Morgan fingerprint density at radius 1 is 0.968 bits per heavy atom. The van der Waals surface area contributed by atoms with E-state index in [9.17, 15) is 22.8 Å². The molecule has 164 valence electrons. The van der Waals surface area contributed by atoms with Crippen LogP contribution in [-0.2, 0) is 27.2 Å². The lowest BCUT2D eigenvalue weighted by molar-refractivity contribution is -0.163. The third-order valence-corrected chi connectivity index (χ3v) is 5.73. The van der Waals surface area contributed by atoms with E-state index in [2.05, 4.69) is 0 Å². The SMILES string of the molecule is O=C(OCC(=O)N1c2ccccc2CCc2ccccc21)C1CCCN1CC(F)(F)F. The highest BCUT2D eigenvalue weighted by molar-refractivity contribution is 6.03. The summed E-state index contributed by atoms with van der Waals surface area (Å²) in [6.45, 7) is -1.51. The summed E-state index contributed by atoms with van der Waals surface area (Å²) in [5.74, 6) is -1.22. The lowest BCUT2D eigenvalue weighted by atomic mass is 10.0. The summed E-state index contributed by atoms with van der Waals surface area (Å²) in [6, 6.07) is 14.1. The number of ether oxygens (including phenoxy) is 1. The van der Waals surface area contributed by atoms with Crippen molar-refractivity contribution in [1.29, 1.82) is 0 Å². The van der Waals surface area contributed by atoms with E-state index < -0.39 is 37.2 Å². The number of alkyl halides is 3. The fourth-order valence-corrected chi connectivity index (χ4v) is 4.35. The Morgan fingerprint density at radius 2 is 1.55 bits per heavy atom. The third kappa shape index (κ3) is 4.74. The zero-order valence-electron chi connectivity index (χ0n) is 16.9. The van der Waals surface area contributed by atoms with Crippen molar-refractivity contribution in [3.05, 3.63) is 59.7 Å². The number of likely N-dealkylation sites (tertiary alicyclic amines) is 1. The number of para-hydroxylation sites is 2. The lowest BCUT2D eigenvalue weighted by Gasteiger charge is -2.26. The van der Waals surface area contributed by atoms with Crippen LogP contribution in [0.5, 0.6) is 0 Å². The number of hydrogen-bond acceptors (Lipinski definition) is 4. The first-order valence-electron chi connectivity index (χ1n) is 10.3. The van der Waals surface area contributed by atoms with Gasteiger partial charge in [0.2, 0.25) is 0 Å². The van der Waals surface area contributed by atoms with Gasteiger partial charge in [0.15, 0.2) is 6.61 Å². The van der Waals surface area contributed by atoms with Gasteiger partial charge in [0, 0.05) is 0 Å². The van der Waals surface area contributed by atoms with Crippen LogP contribution in [0.25, 0.3) is 0 Å². The first-order valence-corrected chi connectivity index (χ1v) is 10.3. The van der Waals surface area contributed by atoms with Crippen LogP contribution in [0.3, 0.4) is 0 Å². The molecule has 1 atom stereocenters. The van der Waals surface area contributed by atoms with Crippen molar-refractivity contribution in [1.82, 2.24) is 4.90 Å². The van der Waals surface area contributed by atoms with Crippen molar-refractivity contribution < 1.29 is 27.5 Å². The molecule has 0 aliphatic carbocycles. The van der Waals surface area contributed by atoms with Crippen molar-refractivity contribution in [2.24, 2.45) is 0 Å². The zero-order chi connectivity index (χ0) is 22.0. The predicted octanol–water partition coefficient (Wildman–Crippen LogP) is 4.02. The molecule has 5 nitrogen and oxygen atoms in total. The molecule has 2 aromatic rings. The largest absolute Gasteiger partial charge is 0.454 e. The minimum atomic E-state index is -4.39. The summed E-state index contributed by atoms with van der Waals surface area (Å²) >= 11 is 0. The number of carbonyl (C=O) groups is 2. The molecule has 0 radical (unpaired) electrons. The summed E-state index contributed by atoms with van der Waals surface area (Å²) in [5.41, 5.74) is 3.47. The maximum Gasteiger partial charge on any atom is 0.401 e. The Bertz CT molecular complexity index is 929.